The van der Waals surface area contributed by atoms with Crippen molar-refractivity contribution in [1.82, 2.24) is 4.98 Å². The molecule has 0 N–H and O–H groups in total. The summed E-state index contributed by atoms with van der Waals surface area (Å²) in [4.78, 5) is 4.70. The van der Waals surface area contributed by atoms with Crippen LogP contribution in [-0.4, -0.2) is 31.5 Å². The van der Waals surface area contributed by atoms with E-state index in [4.69, 9.17) is 4.98 Å². The first-order chi connectivity index (χ1) is 11.2. The fourth-order valence-corrected chi connectivity index (χ4v) is 8.94. The van der Waals surface area contributed by atoms with Crippen LogP contribution in [0.1, 0.15) is 0 Å². The number of fused-ring (bicyclic) bond motifs is 1. The van der Waals surface area contributed by atoms with Gasteiger partial charge in [0.05, 0.1) is 0 Å². The first kappa shape index (κ1) is 17.7. The van der Waals surface area contributed by atoms with Crippen molar-refractivity contribution in [1.29, 1.82) is 0 Å². The molecule has 0 unspecified atom stereocenters. The normalized spacial score (nSPS) is 12.6. The standard InChI is InChI=1S/C21H27Ge2N/c1-22(2,3)18-11-12-24-21(15-18)17-13-16-9-7-8-10-19(16)20(14-17)23(4,5)6/h7-15H,1-6H3. The van der Waals surface area contributed by atoms with Crippen LogP contribution in [0.3, 0.4) is 0 Å². The Bertz CT molecular complexity index is 886. The van der Waals surface area contributed by atoms with Crippen LogP contribution in [-0.2, 0) is 0 Å². The molecule has 0 amide bonds. The van der Waals surface area contributed by atoms with E-state index in [1.807, 2.05) is 6.20 Å². The Morgan fingerprint density at radius 2 is 1.46 bits per heavy atom. The molecule has 0 aliphatic rings. The van der Waals surface area contributed by atoms with Gasteiger partial charge in [-0.1, -0.05) is 0 Å². The molecule has 1 aromatic heterocycles. The summed E-state index contributed by atoms with van der Waals surface area (Å²) in [6.07, 6.45) is 1.99. The van der Waals surface area contributed by atoms with Gasteiger partial charge in [-0.15, -0.1) is 0 Å². The van der Waals surface area contributed by atoms with Crippen molar-refractivity contribution in [3.8, 4) is 11.3 Å². The van der Waals surface area contributed by atoms with Gasteiger partial charge in [0.25, 0.3) is 0 Å². The molecule has 3 rings (SSSR count). The Kier molecular flexibility index (Phi) is 4.69. The number of hydrogen-bond donors (Lipinski definition) is 0. The van der Waals surface area contributed by atoms with Gasteiger partial charge in [0.2, 0.25) is 0 Å². The van der Waals surface area contributed by atoms with E-state index in [-0.39, 0.29) is 0 Å². The molecule has 0 atom stereocenters. The number of rotatable bonds is 3. The number of hydrogen-bond acceptors (Lipinski definition) is 1. The summed E-state index contributed by atoms with van der Waals surface area (Å²) in [6, 6.07) is 18.1. The van der Waals surface area contributed by atoms with Crippen LogP contribution < -0.4 is 8.79 Å². The summed E-state index contributed by atoms with van der Waals surface area (Å²) in [5.41, 5.74) is 2.41. The van der Waals surface area contributed by atoms with E-state index in [9.17, 15) is 0 Å². The molecule has 24 heavy (non-hydrogen) atoms. The van der Waals surface area contributed by atoms with Gasteiger partial charge < -0.3 is 0 Å². The summed E-state index contributed by atoms with van der Waals surface area (Å²) >= 11 is -3.81. The summed E-state index contributed by atoms with van der Waals surface area (Å²) in [6.45, 7) is 0. The molecule has 0 aliphatic carbocycles. The number of pyridine rings is 1. The third kappa shape index (κ3) is 3.62. The second-order valence-corrected chi connectivity index (χ2v) is 29.9. The average Bonchev–Trinajstić information content (AvgIpc) is 2.52. The van der Waals surface area contributed by atoms with Crippen molar-refractivity contribution in [2.45, 2.75) is 34.5 Å². The molecule has 124 valence electrons. The zero-order chi connectivity index (χ0) is 17.5. The Balaban J connectivity index is 2.25. The molecule has 0 bridgehead atoms. The topological polar surface area (TPSA) is 12.9 Å². The first-order valence-electron chi connectivity index (χ1n) is 8.66. The van der Waals surface area contributed by atoms with Crippen molar-refractivity contribution in [2.75, 3.05) is 0 Å². The molecule has 3 heteroatoms. The second kappa shape index (κ2) is 6.34. The molecular formula is C21H27Ge2N. The van der Waals surface area contributed by atoms with Gasteiger partial charge in [0.1, 0.15) is 0 Å². The fraction of sp³-hybridized carbons (Fsp3) is 0.286. The minimum absolute atomic E-state index is 1.13. The zero-order valence-electron chi connectivity index (χ0n) is 15.6. The van der Waals surface area contributed by atoms with Crippen molar-refractivity contribution in [3.05, 3.63) is 54.7 Å². The molecule has 1 nitrogen and oxygen atoms in total. The van der Waals surface area contributed by atoms with Gasteiger partial charge in [-0.3, -0.25) is 0 Å². The van der Waals surface area contributed by atoms with Crippen LogP contribution in [0.2, 0.25) is 34.5 Å². The summed E-state index contributed by atoms with van der Waals surface area (Å²) < 4.78 is 3.10. The first-order valence-corrected chi connectivity index (χ1v) is 23.3. The van der Waals surface area contributed by atoms with Crippen LogP contribution >= 0.6 is 0 Å². The van der Waals surface area contributed by atoms with Gasteiger partial charge in [0, 0.05) is 0 Å². The molecule has 0 saturated carbocycles. The van der Waals surface area contributed by atoms with Crippen molar-refractivity contribution < 1.29 is 0 Å². The summed E-state index contributed by atoms with van der Waals surface area (Å²) in [5.74, 6) is 14.7. The maximum absolute atomic E-state index is 4.70. The molecule has 0 radical (unpaired) electrons. The summed E-state index contributed by atoms with van der Waals surface area (Å²) in [7, 11) is 0. The van der Waals surface area contributed by atoms with E-state index < -0.39 is 26.5 Å². The Hall–Kier alpha value is -1.06. The second-order valence-electron chi connectivity index (χ2n) is 8.67. The molecular weight excluding hydrogens is 411 g/mol. The molecule has 0 fully saturated rings. The number of nitrogens with zero attached hydrogens (tertiary/aromatic N) is 1. The van der Waals surface area contributed by atoms with Crippen LogP contribution in [0.4, 0.5) is 0 Å². The monoisotopic (exact) mass is 441 g/mol. The molecule has 0 saturated heterocycles. The Morgan fingerprint density at radius 1 is 0.750 bits per heavy atom. The predicted octanol–water partition coefficient (Wildman–Crippen LogP) is 4.99. The Morgan fingerprint density at radius 3 is 2.12 bits per heavy atom. The van der Waals surface area contributed by atoms with E-state index >= 15 is 0 Å². The zero-order valence-corrected chi connectivity index (χ0v) is 19.8. The minimum atomic E-state index is -1.97. The van der Waals surface area contributed by atoms with Gasteiger partial charge in [-0.2, -0.15) is 0 Å². The molecule has 3 aromatic rings. The molecule has 0 spiro atoms. The van der Waals surface area contributed by atoms with Crippen LogP contribution in [0.25, 0.3) is 22.0 Å². The summed E-state index contributed by atoms with van der Waals surface area (Å²) in [5, 5.41) is 2.77. The van der Waals surface area contributed by atoms with Crippen LogP contribution in [0.15, 0.2) is 54.7 Å². The van der Waals surface area contributed by atoms with Gasteiger partial charge in [-0.25, -0.2) is 0 Å². The quantitative estimate of drug-likeness (QED) is 0.525. The van der Waals surface area contributed by atoms with E-state index in [0.29, 0.717) is 0 Å². The van der Waals surface area contributed by atoms with Crippen molar-refractivity contribution in [2.24, 2.45) is 0 Å². The van der Waals surface area contributed by atoms with Crippen molar-refractivity contribution in [3.63, 3.8) is 0 Å². The van der Waals surface area contributed by atoms with Gasteiger partial charge >= 0.3 is 152 Å². The predicted molar refractivity (Wildman–Crippen MR) is 113 cm³/mol. The SMILES string of the molecule is [CH3][Ge]([CH3])([CH3])[c]1ccnc(-c2c[c]([Ge]([CH3])([CH3])[CH3])c3ccccc3c2)c1. The van der Waals surface area contributed by atoms with Gasteiger partial charge in [0.15, 0.2) is 0 Å². The van der Waals surface area contributed by atoms with Crippen molar-refractivity contribution >= 4 is 46.1 Å². The Labute approximate surface area is 151 Å². The van der Waals surface area contributed by atoms with E-state index in [0.717, 1.165) is 5.69 Å². The number of aromatic nitrogens is 1. The van der Waals surface area contributed by atoms with Crippen LogP contribution in [0, 0.1) is 0 Å². The van der Waals surface area contributed by atoms with Crippen LogP contribution in [0.5, 0.6) is 0 Å². The third-order valence-electron chi connectivity index (χ3n) is 4.59. The van der Waals surface area contributed by atoms with E-state index in [1.54, 1.807) is 4.40 Å². The average molecular weight is 439 g/mol. The van der Waals surface area contributed by atoms with E-state index in [1.165, 1.54) is 20.7 Å². The fourth-order valence-electron chi connectivity index (χ4n) is 3.13. The molecule has 0 aliphatic heterocycles. The van der Waals surface area contributed by atoms with E-state index in [2.05, 4.69) is 83.1 Å². The molecule has 2 aromatic carbocycles. The molecule has 1 heterocycles. The third-order valence-corrected chi connectivity index (χ3v) is 13.1. The maximum atomic E-state index is 4.70. The van der Waals surface area contributed by atoms with Gasteiger partial charge in [-0.05, 0) is 0 Å². The number of benzene rings is 2.